The smallest absolute Gasteiger partial charge is 0.264 e. The maximum atomic E-state index is 13.8. The fraction of sp³-hybridized carbons (Fsp3) is 0.472. The maximum Gasteiger partial charge on any atom is 0.264 e. The molecule has 2 N–H and O–H groups in total. The van der Waals surface area contributed by atoms with E-state index < -0.39 is 27.4 Å². The Labute approximate surface area is 270 Å². The van der Waals surface area contributed by atoms with E-state index in [0.717, 1.165) is 44.1 Å². The van der Waals surface area contributed by atoms with Crippen LogP contribution in [0.2, 0.25) is 0 Å². The van der Waals surface area contributed by atoms with Gasteiger partial charge < -0.3 is 14.7 Å². The Morgan fingerprint density at radius 3 is 2.76 bits per heavy atom. The van der Waals surface area contributed by atoms with Crippen LogP contribution < -0.4 is 14.4 Å². The predicted octanol–water partition coefficient (Wildman–Crippen LogP) is 6.22. The summed E-state index contributed by atoms with van der Waals surface area (Å²) < 4.78 is 36.6. The number of hydrogen-bond donors (Lipinski definition) is 2. The first-order chi connectivity index (χ1) is 21.7. The quantitative estimate of drug-likeness (QED) is 0.321. The second-order valence-corrected chi connectivity index (χ2v) is 16.3. The van der Waals surface area contributed by atoms with Gasteiger partial charge in [-0.2, -0.15) is 11.3 Å². The van der Waals surface area contributed by atoms with Gasteiger partial charge in [-0.25, -0.2) is 13.1 Å². The first-order valence-electron chi connectivity index (χ1n) is 16.3. The summed E-state index contributed by atoms with van der Waals surface area (Å²) in [7, 11) is -4.01. The van der Waals surface area contributed by atoms with E-state index in [1.807, 2.05) is 23.8 Å². The van der Waals surface area contributed by atoms with E-state index in [9.17, 15) is 18.3 Å². The second kappa shape index (κ2) is 12.2. The van der Waals surface area contributed by atoms with Crippen LogP contribution in [0, 0.1) is 17.8 Å². The zero-order valence-electron chi connectivity index (χ0n) is 25.7. The van der Waals surface area contributed by atoms with E-state index in [1.54, 1.807) is 18.2 Å². The van der Waals surface area contributed by atoms with Crippen LogP contribution in [0.3, 0.4) is 0 Å². The minimum absolute atomic E-state index is 0.0889. The Balaban J connectivity index is 1.29. The van der Waals surface area contributed by atoms with E-state index in [4.69, 9.17) is 4.74 Å². The summed E-state index contributed by atoms with van der Waals surface area (Å²) in [5, 5.41) is 15.3. The lowest BCUT2D eigenvalue weighted by atomic mass is 9.68. The highest BCUT2D eigenvalue weighted by atomic mass is 32.2. The van der Waals surface area contributed by atoms with Crippen LogP contribution in [0.25, 0.3) is 0 Å². The summed E-state index contributed by atoms with van der Waals surface area (Å²) in [6, 6.07) is 15.6. The Morgan fingerprint density at radius 2 is 1.96 bits per heavy atom. The highest BCUT2D eigenvalue weighted by Crippen LogP contribution is 2.48. The molecule has 3 aromatic rings. The van der Waals surface area contributed by atoms with E-state index in [0.29, 0.717) is 43.3 Å². The molecule has 0 radical (unpaired) electrons. The van der Waals surface area contributed by atoms with Crippen LogP contribution in [0.5, 0.6) is 5.75 Å². The van der Waals surface area contributed by atoms with Crippen molar-refractivity contribution >= 4 is 33.0 Å². The van der Waals surface area contributed by atoms with Gasteiger partial charge in [-0.05, 0) is 115 Å². The van der Waals surface area contributed by atoms with Gasteiger partial charge in [0.15, 0.2) is 0 Å². The standard InChI is InChI=1S/C36H42N2O5S2/c1-24-7-2-3-8-26-12-14-29(26)35(40)38-22-36(17-6-10-27-9-4-5-11-30(27)36)23-43-32-15-13-28(20-31(32)38)34(39)37-45(41,42)33(24)19-25-16-18-44-21-25/h2-5,9,11,13,15-16,18,20-21,24,26,29,33,35,40H,6-8,10,12,14,17,19,22-23H2,1H3,(H,37,39)/b3-2-. The Kier molecular flexibility index (Phi) is 8.29. The first kappa shape index (κ1) is 30.5. The number of anilines is 1. The summed E-state index contributed by atoms with van der Waals surface area (Å²) in [6.45, 7) is 2.97. The molecule has 6 atom stereocenters. The highest BCUT2D eigenvalue weighted by Gasteiger charge is 2.46. The number of allylic oxidation sites excluding steroid dienone is 2. The minimum atomic E-state index is -4.01. The number of rotatable bonds is 2. The fourth-order valence-electron chi connectivity index (χ4n) is 8.00. The molecule has 238 valence electrons. The van der Waals surface area contributed by atoms with E-state index in [-0.39, 0.29) is 22.8 Å². The van der Waals surface area contributed by atoms with Crippen molar-refractivity contribution in [2.75, 3.05) is 18.1 Å². The number of thiophene rings is 1. The molecule has 7 rings (SSSR count). The van der Waals surface area contributed by atoms with Gasteiger partial charge in [0.2, 0.25) is 10.0 Å². The Bertz CT molecular complexity index is 1690. The van der Waals surface area contributed by atoms with Crippen molar-refractivity contribution in [3.63, 3.8) is 0 Å². The van der Waals surface area contributed by atoms with Crippen molar-refractivity contribution in [2.24, 2.45) is 17.8 Å². The van der Waals surface area contributed by atoms with E-state index in [1.165, 1.54) is 22.5 Å². The monoisotopic (exact) mass is 646 g/mol. The number of benzene rings is 2. The van der Waals surface area contributed by atoms with Crippen molar-refractivity contribution in [1.29, 1.82) is 0 Å². The number of carbonyl (C=O) groups is 1. The molecule has 2 aliphatic heterocycles. The number of sulfonamides is 1. The van der Waals surface area contributed by atoms with Gasteiger partial charge in [0.25, 0.3) is 5.91 Å². The topological polar surface area (TPSA) is 95.9 Å². The molecule has 1 aromatic heterocycles. The first-order valence-corrected chi connectivity index (χ1v) is 18.7. The SMILES string of the molecule is CC1C/C=C\CC2CCC2C(O)N2CC3(CCCc4ccccc43)COc3ccc(cc32)C(=O)NS(=O)(=O)C1Cc1ccsc1. The highest BCUT2D eigenvalue weighted by molar-refractivity contribution is 7.90. The second-order valence-electron chi connectivity index (χ2n) is 13.6. The Hall–Kier alpha value is -3.14. The van der Waals surface area contributed by atoms with Gasteiger partial charge in [-0.1, -0.05) is 43.3 Å². The molecular weight excluding hydrogens is 605 g/mol. The average molecular weight is 647 g/mol. The lowest BCUT2D eigenvalue weighted by Crippen LogP contribution is -2.53. The lowest BCUT2D eigenvalue weighted by molar-refractivity contribution is 0.00917. The third kappa shape index (κ3) is 5.83. The normalized spacial score (nSPS) is 31.8. The van der Waals surface area contributed by atoms with Crippen molar-refractivity contribution in [3.8, 4) is 5.75 Å². The van der Waals surface area contributed by atoms with Gasteiger partial charge in [0, 0.05) is 23.4 Å². The molecular formula is C36H42N2O5S2. The molecule has 45 heavy (non-hydrogen) atoms. The molecule has 6 unspecified atom stereocenters. The van der Waals surface area contributed by atoms with Crippen LogP contribution >= 0.6 is 11.3 Å². The predicted molar refractivity (Wildman–Crippen MR) is 178 cm³/mol. The van der Waals surface area contributed by atoms with Crippen molar-refractivity contribution in [1.82, 2.24) is 4.72 Å². The van der Waals surface area contributed by atoms with Crippen LogP contribution in [0.15, 0.2) is 71.4 Å². The Morgan fingerprint density at radius 1 is 1.11 bits per heavy atom. The zero-order valence-corrected chi connectivity index (χ0v) is 27.4. The van der Waals surface area contributed by atoms with Gasteiger partial charge in [-0.3, -0.25) is 4.79 Å². The largest absolute Gasteiger partial charge is 0.490 e. The summed E-state index contributed by atoms with van der Waals surface area (Å²) in [5.74, 6) is 0.159. The maximum absolute atomic E-state index is 13.8. The molecule has 1 saturated carbocycles. The molecule has 3 heterocycles. The van der Waals surface area contributed by atoms with Crippen molar-refractivity contribution in [3.05, 3.63) is 93.7 Å². The van der Waals surface area contributed by atoms with Crippen LogP contribution in [-0.2, 0) is 28.3 Å². The zero-order chi connectivity index (χ0) is 31.2. The molecule has 7 nitrogen and oxygen atoms in total. The molecule has 2 aliphatic carbocycles. The van der Waals surface area contributed by atoms with Gasteiger partial charge >= 0.3 is 0 Å². The number of amides is 1. The average Bonchev–Trinajstić information content (AvgIpc) is 3.48. The summed E-state index contributed by atoms with van der Waals surface area (Å²) >= 11 is 1.54. The number of fused-ring (bicyclic) bond motifs is 4. The summed E-state index contributed by atoms with van der Waals surface area (Å²) in [5.41, 5.74) is 4.11. The third-order valence-corrected chi connectivity index (χ3v) is 13.4. The third-order valence-electron chi connectivity index (χ3n) is 10.8. The van der Waals surface area contributed by atoms with E-state index in [2.05, 4.69) is 46.0 Å². The molecule has 2 aromatic carbocycles. The van der Waals surface area contributed by atoms with Gasteiger partial charge in [0.1, 0.15) is 12.0 Å². The summed E-state index contributed by atoms with van der Waals surface area (Å²) in [4.78, 5) is 15.8. The van der Waals surface area contributed by atoms with E-state index >= 15 is 0 Å². The number of ether oxygens (including phenoxy) is 1. The molecule has 9 heteroatoms. The molecule has 1 amide bonds. The minimum Gasteiger partial charge on any atom is -0.490 e. The molecule has 0 saturated heterocycles. The number of aliphatic hydroxyl groups is 1. The van der Waals surface area contributed by atoms with Crippen LogP contribution in [0.1, 0.15) is 72.5 Å². The number of nitrogens with zero attached hydrogens (tertiary/aromatic N) is 1. The van der Waals surface area contributed by atoms with Gasteiger partial charge in [0.05, 0.1) is 17.5 Å². The molecule has 1 spiro atoms. The van der Waals surface area contributed by atoms with Crippen molar-refractivity contribution in [2.45, 2.75) is 75.2 Å². The van der Waals surface area contributed by atoms with Gasteiger partial charge in [-0.15, -0.1) is 0 Å². The fourth-order valence-corrected chi connectivity index (χ4v) is 10.3. The number of nitrogens with one attached hydrogen (secondary N) is 1. The number of hydrogen-bond acceptors (Lipinski definition) is 7. The lowest BCUT2D eigenvalue weighted by Gasteiger charge is -2.47. The van der Waals surface area contributed by atoms with Crippen LogP contribution in [-0.4, -0.2) is 44.1 Å². The summed E-state index contributed by atoms with van der Waals surface area (Å²) in [6.07, 6.45) is 10.3. The number of carbonyl (C=O) groups excluding carboxylic acids is 1. The van der Waals surface area contributed by atoms with Crippen molar-refractivity contribution < 1.29 is 23.1 Å². The molecule has 4 aliphatic rings. The van der Waals surface area contributed by atoms with Crippen LogP contribution in [0.4, 0.5) is 5.69 Å². The molecule has 1 fully saturated rings. The number of aryl methyl sites for hydroxylation is 1. The number of aliphatic hydroxyl groups excluding tert-OH is 1. The molecule has 2 bridgehead atoms.